The zero-order valence-electron chi connectivity index (χ0n) is 16.2. The van der Waals surface area contributed by atoms with Crippen molar-refractivity contribution in [1.29, 1.82) is 0 Å². The summed E-state index contributed by atoms with van der Waals surface area (Å²) in [6, 6.07) is 11.3. The fourth-order valence-electron chi connectivity index (χ4n) is 4.26. The molecular formula is C22H24N4O3. The second kappa shape index (κ2) is 7.46. The van der Waals surface area contributed by atoms with Crippen molar-refractivity contribution in [1.82, 2.24) is 20.3 Å². The first-order valence-corrected chi connectivity index (χ1v) is 10.4. The molecule has 1 amide bonds. The molecule has 3 aromatic rings. The van der Waals surface area contributed by atoms with Gasteiger partial charge in [0.2, 0.25) is 5.91 Å². The standard InChI is InChI=1S/C22H24N4O3/c27-21(13-19-17-3-1-2-4-20(17)29-25-19)23-15-7-9-16(10-8-15)26-22(28)12-11-18(24-26)14-5-6-14/h1-4,11-12,14-16H,5-10,13H2,(H,23,27). The number of aromatic nitrogens is 3. The highest BCUT2D eigenvalue weighted by Crippen LogP contribution is 2.38. The summed E-state index contributed by atoms with van der Waals surface area (Å²) in [5.74, 6) is 0.489. The van der Waals surface area contributed by atoms with Crippen LogP contribution >= 0.6 is 0 Å². The lowest BCUT2D eigenvalue weighted by atomic mass is 9.91. The van der Waals surface area contributed by atoms with Gasteiger partial charge in [-0.1, -0.05) is 17.3 Å². The molecule has 0 radical (unpaired) electrons. The van der Waals surface area contributed by atoms with Gasteiger partial charge in [0.1, 0.15) is 5.69 Å². The quantitative estimate of drug-likeness (QED) is 0.721. The molecule has 0 bridgehead atoms. The van der Waals surface area contributed by atoms with E-state index in [2.05, 4.69) is 15.6 Å². The van der Waals surface area contributed by atoms with E-state index in [1.165, 1.54) is 12.8 Å². The largest absolute Gasteiger partial charge is 0.356 e. The fraction of sp³-hybridized carbons (Fsp3) is 0.455. The molecular weight excluding hydrogens is 368 g/mol. The minimum Gasteiger partial charge on any atom is -0.356 e. The predicted molar refractivity (Wildman–Crippen MR) is 108 cm³/mol. The molecule has 2 aliphatic carbocycles. The number of carbonyl (C=O) groups excluding carboxylic acids is 1. The normalized spacial score (nSPS) is 21.9. The van der Waals surface area contributed by atoms with Crippen molar-refractivity contribution >= 4 is 16.9 Å². The predicted octanol–water partition coefficient (Wildman–Crippen LogP) is 3.10. The summed E-state index contributed by atoms with van der Waals surface area (Å²) in [5.41, 5.74) is 2.38. The number of nitrogens with zero attached hydrogens (tertiary/aromatic N) is 3. The van der Waals surface area contributed by atoms with Crippen molar-refractivity contribution in [2.45, 2.75) is 62.9 Å². The average molecular weight is 392 g/mol. The minimum absolute atomic E-state index is 0.0280. The number of rotatable bonds is 5. The van der Waals surface area contributed by atoms with Gasteiger partial charge in [-0.05, 0) is 56.7 Å². The Morgan fingerprint density at radius 3 is 2.66 bits per heavy atom. The van der Waals surface area contributed by atoms with Crippen molar-refractivity contribution in [2.24, 2.45) is 0 Å². The molecule has 29 heavy (non-hydrogen) atoms. The summed E-state index contributed by atoms with van der Waals surface area (Å²) in [7, 11) is 0. The molecule has 7 heteroatoms. The first-order valence-electron chi connectivity index (χ1n) is 10.4. The molecule has 0 aliphatic heterocycles. The summed E-state index contributed by atoms with van der Waals surface area (Å²) < 4.78 is 6.95. The van der Waals surface area contributed by atoms with Crippen LogP contribution in [0, 0.1) is 0 Å². The van der Waals surface area contributed by atoms with E-state index < -0.39 is 0 Å². The topological polar surface area (TPSA) is 90.0 Å². The number of amides is 1. The molecule has 0 atom stereocenters. The molecule has 150 valence electrons. The molecule has 2 fully saturated rings. The SMILES string of the molecule is O=C(Cc1noc2ccccc12)NC1CCC(n2nc(C3CC3)ccc2=O)CC1. The molecule has 2 saturated carbocycles. The van der Waals surface area contributed by atoms with E-state index in [4.69, 9.17) is 4.52 Å². The molecule has 0 saturated heterocycles. The number of carbonyl (C=O) groups is 1. The van der Waals surface area contributed by atoms with Gasteiger partial charge in [0.25, 0.3) is 5.56 Å². The molecule has 1 aromatic carbocycles. The Morgan fingerprint density at radius 1 is 1.07 bits per heavy atom. The second-order valence-corrected chi connectivity index (χ2v) is 8.19. The van der Waals surface area contributed by atoms with Crippen LogP contribution in [-0.2, 0) is 11.2 Å². The first kappa shape index (κ1) is 18.1. The van der Waals surface area contributed by atoms with Crippen LogP contribution in [0.15, 0.2) is 45.7 Å². The number of hydrogen-bond acceptors (Lipinski definition) is 5. The third-order valence-corrected chi connectivity index (χ3v) is 6.03. The number of para-hydroxylation sites is 1. The average Bonchev–Trinajstić information content (AvgIpc) is 3.51. The highest BCUT2D eigenvalue weighted by Gasteiger charge is 2.28. The second-order valence-electron chi connectivity index (χ2n) is 8.19. The van der Waals surface area contributed by atoms with Crippen LogP contribution in [-0.4, -0.2) is 26.9 Å². The maximum Gasteiger partial charge on any atom is 0.267 e. The fourth-order valence-corrected chi connectivity index (χ4v) is 4.26. The van der Waals surface area contributed by atoms with Crippen LogP contribution < -0.4 is 10.9 Å². The third kappa shape index (κ3) is 3.81. The summed E-state index contributed by atoms with van der Waals surface area (Å²) in [5, 5.41) is 12.7. The maximum absolute atomic E-state index is 12.5. The number of benzene rings is 1. The van der Waals surface area contributed by atoms with E-state index in [1.807, 2.05) is 30.3 Å². The Kier molecular flexibility index (Phi) is 4.66. The Bertz CT molecular complexity index is 1090. The van der Waals surface area contributed by atoms with Crippen LogP contribution in [0.5, 0.6) is 0 Å². The van der Waals surface area contributed by atoms with E-state index in [-0.39, 0.29) is 30.0 Å². The minimum atomic E-state index is -0.0430. The Morgan fingerprint density at radius 2 is 1.86 bits per heavy atom. The highest BCUT2D eigenvalue weighted by molar-refractivity contribution is 5.86. The van der Waals surface area contributed by atoms with Gasteiger partial charge in [-0.15, -0.1) is 0 Å². The molecule has 2 heterocycles. The smallest absolute Gasteiger partial charge is 0.267 e. The number of nitrogens with one attached hydrogen (secondary N) is 1. The van der Waals surface area contributed by atoms with Gasteiger partial charge in [-0.25, -0.2) is 4.68 Å². The maximum atomic E-state index is 12.5. The molecule has 2 aromatic heterocycles. The zero-order chi connectivity index (χ0) is 19.8. The van der Waals surface area contributed by atoms with Gasteiger partial charge in [-0.2, -0.15) is 5.10 Å². The summed E-state index contributed by atoms with van der Waals surface area (Å²) >= 11 is 0. The van der Waals surface area contributed by atoms with Crippen LogP contribution in [0.1, 0.15) is 61.9 Å². The number of fused-ring (bicyclic) bond motifs is 1. The Balaban J connectivity index is 1.18. The van der Waals surface area contributed by atoms with E-state index in [0.717, 1.165) is 36.8 Å². The van der Waals surface area contributed by atoms with E-state index >= 15 is 0 Å². The summed E-state index contributed by atoms with van der Waals surface area (Å²) in [6.45, 7) is 0. The molecule has 0 unspecified atom stereocenters. The molecule has 1 N–H and O–H groups in total. The number of hydrogen-bond donors (Lipinski definition) is 1. The van der Waals surface area contributed by atoms with Gasteiger partial charge in [-0.3, -0.25) is 9.59 Å². The molecule has 0 spiro atoms. The summed E-state index contributed by atoms with van der Waals surface area (Å²) in [4.78, 5) is 24.8. The van der Waals surface area contributed by atoms with Crippen molar-refractivity contribution < 1.29 is 9.32 Å². The zero-order valence-corrected chi connectivity index (χ0v) is 16.2. The summed E-state index contributed by atoms with van der Waals surface area (Å²) in [6.07, 6.45) is 5.93. The third-order valence-electron chi connectivity index (χ3n) is 6.03. The van der Waals surface area contributed by atoms with Gasteiger partial charge >= 0.3 is 0 Å². The van der Waals surface area contributed by atoms with Crippen LogP contribution in [0.4, 0.5) is 0 Å². The lowest BCUT2D eigenvalue weighted by Crippen LogP contribution is -2.40. The molecule has 7 nitrogen and oxygen atoms in total. The van der Waals surface area contributed by atoms with Crippen molar-refractivity contribution in [2.75, 3.05) is 0 Å². The lowest BCUT2D eigenvalue weighted by molar-refractivity contribution is -0.121. The monoisotopic (exact) mass is 392 g/mol. The Labute approximate surface area is 168 Å². The van der Waals surface area contributed by atoms with Crippen molar-refractivity contribution in [3.05, 3.63) is 58.1 Å². The lowest BCUT2D eigenvalue weighted by Gasteiger charge is -2.29. The van der Waals surface area contributed by atoms with Crippen molar-refractivity contribution in [3.8, 4) is 0 Å². The van der Waals surface area contributed by atoms with Gasteiger partial charge in [0.05, 0.1) is 18.2 Å². The highest BCUT2D eigenvalue weighted by atomic mass is 16.5. The first-order chi connectivity index (χ1) is 14.2. The Hall–Kier alpha value is -2.96. The van der Waals surface area contributed by atoms with E-state index in [1.54, 1.807) is 10.7 Å². The molecule has 5 rings (SSSR count). The van der Waals surface area contributed by atoms with Crippen LogP contribution in [0.2, 0.25) is 0 Å². The van der Waals surface area contributed by atoms with Crippen molar-refractivity contribution in [3.63, 3.8) is 0 Å². The van der Waals surface area contributed by atoms with E-state index in [9.17, 15) is 9.59 Å². The van der Waals surface area contributed by atoms with Crippen LogP contribution in [0.25, 0.3) is 11.0 Å². The van der Waals surface area contributed by atoms with E-state index in [0.29, 0.717) is 17.2 Å². The van der Waals surface area contributed by atoms with Gasteiger partial charge < -0.3 is 9.84 Å². The van der Waals surface area contributed by atoms with Crippen LogP contribution in [0.3, 0.4) is 0 Å². The van der Waals surface area contributed by atoms with Gasteiger partial charge in [0, 0.05) is 23.4 Å². The van der Waals surface area contributed by atoms with Gasteiger partial charge in [0.15, 0.2) is 5.58 Å². The molecule has 2 aliphatic rings.